The number of oxime groups is 1. The van der Waals surface area contributed by atoms with Crippen LogP contribution in [0.15, 0.2) is 65.9 Å². The summed E-state index contributed by atoms with van der Waals surface area (Å²) in [5.41, 5.74) is -0.0609. The van der Waals surface area contributed by atoms with Gasteiger partial charge in [-0.1, -0.05) is 58.2 Å². The minimum Gasteiger partial charge on any atom is -0.423 e. The van der Waals surface area contributed by atoms with E-state index in [0.717, 1.165) is 23.3 Å². The molecule has 2 N–H and O–H groups in total. The summed E-state index contributed by atoms with van der Waals surface area (Å²) >= 11 is 18.1. The molecule has 44 heavy (non-hydrogen) atoms. The Kier molecular flexibility index (Phi) is 7.69. The molecule has 14 heteroatoms. The molecule has 0 saturated heterocycles. The van der Waals surface area contributed by atoms with Crippen molar-refractivity contribution < 1.29 is 32.5 Å². The SMILES string of the molecule is CC1(C)OB(O)c2cc(CCNC(=O)c3ccc(C4=NOC(c5cc(Cl)c(Cl)c(Cl)c5)(C(F)(F)F)C4)c4cccn34)ccc21. The molecule has 0 radical (unpaired) electrons. The molecule has 4 heterocycles. The number of alkyl halides is 3. The number of carbonyl (C=O) groups is 1. The zero-order valence-electron chi connectivity index (χ0n) is 23.3. The highest BCUT2D eigenvalue weighted by atomic mass is 35.5. The predicted octanol–water partition coefficient (Wildman–Crippen LogP) is 6.41. The Balaban J connectivity index is 1.21. The van der Waals surface area contributed by atoms with Gasteiger partial charge in [0.25, 0.3) is 11.5 Å². The van der Waals surface area contributed by atoms with Crippen LogP contribution in [0.25, 0.3) is 5.52 Å². The average molecular weight is 665 g/mol. The van der Waals surface area contributed by atoms with Crippen LogP contribution in [0.2, 0.25) is 15.1 Å². The normalized spacial score (nSPS) is 19.2. The molecule has 6 rings (SSSR count). The fourth-order valence-electron chi connectivity index (χ4n) is 5.74. The summed E-state index contributed by atoms with van der Waals surface area (Å²) in [5, 5.41) is 16.6. The van der Waals surface area contributed by atoms with Crippen molar-refractivity contribution in [1.29, 1.82) is 0 Å². The molecule has 4 aromatic rings. The van der Waals surface area contributed by atoms with E-state index < -0.39 is 30.9 Å². The second-order valence-electron chi connectivity index (χ2n) is 11.2. The van der Waals surface area contributed by atoms with E-state index in [0.29, 0.717) is 29.5 Å². The number of hydrogen-bond acceptors (Lipinski definition) is 5. The van der Waals surface area contributed by atoms with Crippen molar-refractivity contribution in [3.05, 3.63) is 104 Å². The molecule has 2 aromatic heterocycles. The minimum atomic E-state index is -4.88. The van der Waals surface area contributed by atoms with Crippen molar-refractivity contribution in [1.82, 2.24) is 9.72 Å². The van der Waals surface area contributed by atoms with Crippen LogP contribution in [0, 0.1) is 0 Å². The molecule has 0 saturated carbocycles. The van der Waals surface area contributed by atoms with E-state index in [9.17, 15) is 23.0 Å². The lowest BCUT2D eigenvalue weighted by Crippen LogP contribution is -2.42. The lowest BCUT2D eigenvalue weighted by Gasteiger charge is -2.30. The second kappa shape index (κ2) is 11.0. The van der Waals surface area contributed by atoms with Crippen molar-refractivity contribution in [2.45, 2.75) is 44.1 Å². The maximum Gasteiger partial charge on any atom is 0.492 e. The lowest BCUT2D eigenvalue weighted by molar-refractivity contribution is -0.275. The van der Waals surface area contributed by atoms with E-state index in [1.54, 1.807) is 28.8 Å². The van der Waals surface area contributed by atoms with Gasteiger partial charge in [-0.15, -0.1) is 0 Å². The number of hydrogen-bond donors (Lipinski definition) is 2. The van der Waals surface area contributed by atoms with Gasteiger partial charge in [0.05, 0.1) is 38.3 Å². The van der Waals surface area contributed by atoms with Gasteiger partial charge in [0.15, 0.2) is 0 Å². The van der Waals surface area contributed by atoms with Crippen LogP contribution in [0.3, 0.4) is 0 Å². The fourth-order valence-corrected chi connectivity index (χ4v) is 6.34. The molecule has 0 spiro atoms. The first-order chi connectivity index (χ1) is 20.7. The van der Waals surface area contributed by atoms with Gasteiger partial charge in [-0.25, -0.2) is 0 Å². The average Bonchev–Trinajstić information content (AvgIpc) is 3.68. The Morgan fingerprint density at radius 3 is 2.55 bits per heavy atom. The predicted molar refractivity (Wildman–Crippen MR) is 163 cm³/mol. The maximum atomic E-state index is 14.5. The zero-order chi connectivity index (χ0) is 31.6. The van der Waals surface area contributed by atoms with Crippen molar-refractivity contribution in [2.24, 2.45) is 5.16 Å². The Morgan fingerprint density at radius 2 is 1.84 bits per heavy atom. The van der Waals surface area contributed by atoms with Crippen LogP contribution < -0.4 is 10.8 Å². The summed E-state index contributed by atoms with van der Waals surface area (Å²) in [6, 6.07) is 14.3. The van der Waals surface area contributed by atoms with Gasteiger partial charge >= 0.3 is 13.3 Å². The zero-order valence-corrected chi connectivity index (χ0v) is 25.6. The molecular formula is C30H24BCl3F3N3O4. The highest BCUT2D eigenvalue weighted by Gasteiger charge is 2.62. The monoisotopic (exact) mass is 663 g/mol. The van der Waals surface area contributed by atoms with Crippen LogP contribution >= 0.6 is 34.8 Å². The van der Waals surface area contributed by atoms with E-state index in [1.807, 2.05) is 32.0 Å². The van der Waals surface area contributed by atoms with E-state index in [4.69, 9.17) is 44.3 Å². The van der Waals surface area contributed by atoms with Crippen LogP contribution in [-0.4, -0.2) is 40.9 Å². The summed E-state index contributed by atoms with van der Waals surface area (Å²) in [6.45, 7) is 4.09. The van der Waals surface area contributed by atoms with Crippen LogP contribution in [-0.2, 0) is 27.1 Å². The van der Waals surface area contributed by atoms with Gasteiger partial charge in [-0.2, -0.15) is 13.2 Å². The third kappa shape index (κ3) is 5.14. The van der Waals surface area contributed by atoms with Gasteiger partial charge in [-0.3, -0.25) is 4.79 Å². The van der Waals surface area contributed by atoms with Crippen molar-refractivity contribution in [2.75, 3.05) is 6.54 Å². The summed E-state index contributed by atoms with van der Waals surface area (Å²) < 4.78 is 50.8. The smallest absolute Gasteiger partial charge is 0.423 e. The molecule has 1 atom stereocenters. The molecular weight excluding hydrogens is 641 g/mol. The van der Waals surface area contributed by atoms with Gasteiger partial charge in [0, 0.05) is 23.9 Å². The van der Waals surface area contributed by atoms with Crippen LogP contribution in [0.5, 0.6) is 0 Å². The molecule has 1 amide bonds. The minimum absolute atomic E-state index is 0.0335. The number of rotatable bonds is 6. The molecule has 2 aromatic carbocycles. The van der Waals surface area contributed by atoms with Gasteiger partial charge in [-0.05, 0) is 73.3 Å². The Labute approximate surface area is 265 Å². The largest absolute Gasteiger partial charge is 0.492 e. The number of aromatic nitrogens is 1. The number of amides is 1. The first-order valence-corrected chi connectivity index (χ1v) is 14.7. The van der Waals surface area contributed by atoms with E-state index in [-0.39, 0.29) is 37.9 Å². The van der Waals surface area contributed by atoms with Gasteiger partial charge < -0.3 is 24.2 Å². The summed E-state index contributed by atoms with van der Waals surface area (Å²) in [7, 11) is -1.01. The van der Waals surface area contributed by atoms with Crippen molar-refractivity contribution in [3.8, 4) is 0 Å². The number of nitrogens with zero attached hydrogens (tertiary/aromatic N) is 2. The van der Waals surface area contributed by atoms with Gasteiger partial charge in [0.1, 0.15) is 5.69 Å². The number of nitrogens with one attached hydrogen (secondary N) is 1. The first kappa shape index (κ1) is 30.8. The second-order valence-corrected chi connectivity index (χ2v) is 12.4. The molecule has 2 aliphatic rings. The Morgan fingerprint density at radius 1 is 1.11 bits per heavy atom. The summed E-state index contributed by atoms with van der Waals surface area (Å²) in [4.78, 5) is 18.3. The van der Waals surface area contributed by atoms with Crippen LogP contribution in [0.4, 0.5) is 13.2 Å². The molecule has 2 aliphatic heterocycles. The standard InChI is InChI=1S/C30H24BCl3F3N3O4/c1-28(2)19-7-5-16(12-20(19)31(42)43-28)9-10-38-27(41)25-8-6-18(24-4-3-11-40(24)25)23-15-29(44-39-23,30(35,36)37)17-13-21(32)26(34)22(33)14-17/h3-8,11-14,42H,9-10,15H2,1-2H3,(H,38,41). The van der Waals surface area contributed by atoms with Crippen molar-refractivity contribution in [3.63, 3.8) is 0 Å². The van der Waals surface area contributed by atoms with E-state index >= 15 is 0 Å². The number of halogens is 6. The summed E-state index contributed by atoms with van der Waals surface area (Å²) in [6.07, 6.45) is -3.39. The molecule has 7 nitrogen and oxygen atoms in total. The van der Waals surface area contributed by atoms with Crippen molar-refractivity contribution >= 4 is 64.5 Å². The van der Waals surface area contributed by atoms with E-state index in [1.165, 1.54) is 6.07 Å². The number of carbonyl (C=O) groups excluding carboxylic acids is 1. The van der Waals surface area contributed by atoms with Crippen LogP contribution in [0.1, 0.15) is 53.0 Å². The number of pyridine rings is 1. The Bertz CT molecular complexity index is 1820. The highest BCUT2D eigenvalue weighted by Crippen LogP contribution is 2.51. The summed E-state index contributed by atoms with van der Waals surface area (Å²) in [5.74, 6) is -0.372. The number of fused-ring (bicyclic) bond motifs is 2. The Hall–Kier alpha value is -3.22. The lowest BCUT2D eigenvalue weighted by atomic mass is 9.77. The molecule has 0 bridgehead atoms. The highest BCUT2D eigenvalue weighted by molar-refractivity contribution is 6.62. The quantitative estimate of drug-likeness (QED) is 0.185. The molecule has 228 valence electrons. The van der Waals surface area contributed by atoms with E-state index in [2.05, 4.69) is 10.5 Å². The molecule has 0 aliphatic carbocycles. The molecule has 1 unspecified atom stereocenters. The topological polar surface area (TPSA) is 84.6 Å². The third-order valence-electron chi connectivity index (χ3n) is 8.01. The maximum absolute atomic E-state index is 14.5. The van der Waals surface area contributed by atoms with Gasteiger partial charge in [0.2, 0.25) is 0 Å². The first-order valence-electron chi connectivity index (χ1n) is 13.6. The fraction of sp³-hybridized carbons (Fsp3) is 0.267. The number of benzene rings is 2. The third-order valence-corrected chi connectivity index (χ3v) is 9.20. The molecule has 0 fully saturated rings.